The summed E-state index contributed by atoms with van der Waals surface area (Å²) in [5.74, 6) is -0.502. The van der Waals surface area contributed by atoms with Crippen LogP contribution in [0.3, 0.4) is 0 Å². The van der Waals surface area contributed by atoms with Crippen molar-refractivity contribution in [3.8, 4) is 5.75 Å². The number of halogens is 3. The number of hydrogen-bond acceptors (Lipinski definition) is 5. The first-order chi connectivity index (χ1) is 13.9. The average molecular weight is 475 g/mol. The van der Waals surface area contributed by atoms with E-state index in [0.717, 1.165) is 0 Å². The molecule has 0 fully saturated rings. The minimum atomic E-state index is -0.951. The molecular weight excluding hydrogens is 453 g/mol. The van der Waals surface area contributed by atoms with Gasteiger partial charge in [0.25, 0.3) is 0 Å². The smallest absolute Gasteiger partial charge is 0.410 e. The molecular formula is C21H22Cl3NO5. The predicted molar refractivity (Wildman–Crippen MR) is 117 cm³/mol. The molecule has 0 aliphatic rings. The van der Waals surface area contributed by atoms with Gasteiger partial charge in [-0.1, -0.05) is 46.9 Å². The topological polar surface area (TPSA) is 76.1 Å². The maximum atomic E-state index is 12.4. The molecule has 30 heavy (non-hydrogen) atoms. The zero-order valence-electron chi connectivity index (χ0n) is 16.9. The fraction of sp³-hybridized carbons (Fsp3) is 0.333. The van der Waals surface area contributed by atoms with E-state index in [1.165, 1.54) is 36.2 Å². The summed E-state index contributed by atoms with van der Waals surface area (Å²) >= 11 is 17.9. The summed E-state index contributed by atoms with van der Waals surface area (Å²) in [6.45, 7) is 5.32. The molecule has 0 aromatic heterocycles. The maximum absolute atomic E-state index is 12.4. The van der Waals surface area contributed by atoms with Crippen molar-refractivity contribution in [1.29, 1.82) is 0 Å². The average Bonchev–Trinajstić information content (AvgIpc) is 2.59. The molecule has 0 saturated carbocycles. The molecule has 0 bridgehead atoms. The number of aliphatic hydroxyl groups excluding tert-OH is 1. The molecule has 0 spiro atoms. The van der Waals surface area contributed by atoms with Crippen molar-refractivity contribution < 1.29 is 24.2 Å². The van der Waals surface area contributed by atoms with Gasteiger partial charge in [-0.2, -0.15) is 0 Å². The number of rotatable bonds is 5. The number of esters is 1. The summed E-state index contributed by atoms with van der Waals surface area (Å²) < 4.78 is 10.6. The summed E-state index contributed by atoms with van der Waals surface area (Å²) in [6, 6.07) is 8.99. The first-order valence-corrected chi connectivity index (χ1v) is 10.1. The molecule has 2 rings (SSSR count). The molecule has 0 radical (unpaired) electrons. The quantitative estimate of drug-likeness (QED) is 0.440. The maximum Gasteiger partial charge on any atom is 0.410 e. The van der Waals surface area contributed by atoms with Gasteiger partial charge in [0.1, 0.15) is 11.4 Å². The molecule has 2 aromatic carbocycles. The molecule has 0 aliphatic heterocycles. The van der Waals surface area contributed by atoms with Crippen LogP contribution in [0.15, 0.2) is 36.4 Å². The highest BCUT2D eigenvalue weighted by atomic mass is 35.5. The second-order valence-electron chi connectivity index (χ2n) is 7.58. The largest absolute Gasteiger partial charge is 0.444 e. The van der Waals surface area contributed by atoms with Gasteiger partial charge in [0.05, 0.1) is 28.3 Å². The predicted octanol–water partition coefficient (Wildman–Crippen LogP) is 5.77. The Morgan fingerprint density at radius 3 is 2.10 bits per heavy atom. The van der Waals surface area contributed by atoms with E-state index in [1.54, 1.807) is 32.9 Å². The monoisotopic (exact) mass is 473 g/mol. The van der Waals surface area contributed by atoms with Crippen LogP contribution in [0.1, 0.15) is 42.8 Å². The molecule has 2 aromatic rings. The van der Waals surface area contributed by atoms with Crippen LogP contribution in [-0.2, 0) is 4.74 Å². The van der Waals surface area contributed by atoms with Gasteiger partial charge in [-0.3, -0.25) is 0 Å². The van der Waals surface area contributed by atoms with Crippen LogP contribution in [0.4, 0.5) is 4.79 Å². The molecule has 9 heteroatoms. The Bertz CT molecular complexity index is 902. The molecule has 162 valence electrons. The van der Waals surface area contributed by atoms with Crippen molar-refractivity contribution >= 4 is 46.9 Å². The zero-order chi connectivity index (χ0) is 22.6. The summed E-state index contributed by atoms with van der Waals surface area (Å²) in [4.78, 5) is 25.7. The van der Waals surface area contributed by atoms with E-state index < -0.39 is 23.8 Å². The lowest BCUT2D eigenvalue weighted by Crippen LogP contribution is -2.36. The molecule has 1 atom stereocenters. The number of likely N-dealkylation sites (N-methyl/N-ethyl adjacent to an activating group) is 1. The number of carbonyl (C=O) groups is 2. The highest BCUT2D eigenvalue weighted by Crippen LogP contribution is 2.30. The van der Waals surface area contributed by atoms with Crippen LogP contribution in [0.25, 0.3) is 0 Å². The minimum Gasteiger partial charge on any atom is -0.444 e. The number of amides is 1. The molecule has 0 heterocycles. The molecule has 0 aliphatic carbocycles. The van der Waals surface area contributed by atoms with E-state index in [1.807, 2.05) is 0 Å². The van der Waals surface area contributed by atoms with E-state index >= 15 is 0 Å². The molecule has 1 N–H and O–H groups in total. The van der Waals surface area contributed by atoms with Crippen molar-refractivity contribution in [2.24, 2.45) is 0 Å². The summed E-state index contributed by atoms with van der Waals surface area (Å²) in [5, 5.41) is 10.8. The zero-order valence-corrected chi connectivity index (χ0v) is 19.2. The van der Waals surface area contributed by atoms with Gasteiger partial charge in [0.2, 0.25) is 0 Å². The Kier molecular flexibility index (Phi) is 7.99. The van der Waals surface area contributed by atoms with Crippen LogP contribution in [0.2, 0.25) is 15.1 Å². The van der Waals surface area contributed by atoms with Gasteiger partial charge < -0.3 is 19.5 Å². The molecule has 6 nitrogen and oxygen atoms in total. The third-order valence-electron chi connectivity index (χ3n) is 3.84. The van der Waals surface area contributed by atoms with Gasteiger partial charge in [-0.15, -0.1) is 0 Å². The van der Waals surface area contributed by atoms with E-state index in [-0.39, 0.29) is 27.9 Å². The van der Waals surface area contributed by atoms with Crippen LogP contribution in [-0.4, -0.2) is 41.3 Å². The Morgan fingerprint density at radius 2 is 1.60 bits per heavy atom. The van der Waals surface area contributed by atoms with Crippen molar-refractivity contribution in [2.45, 2.75) is 32.5 Å². The standard InChI is InChI=1S/C21H22Cl3NO5/c1-21(2,3)30-20(28)25(4)11-17(26)12-5-7-14(8-6-12)29-19(27)18-15(23)9-13(22)10-16(18)24/h5-10,17,26H,11H2,1-4H3. The first-order valence-electron chi connectivity index (χ1n) is 8.96. The Morgan fingerprint density at radius 1 is 1.07 bits per heavy atom. The number of aliphatic hydroxyl groups is 1. The SMILES string of the molecule is CN(CC(O)c1ccc(OC(=O)c2c(Cl)cc(Cl)cc2Cl)cc1)C(=O)OC(C)(C)C. The summed E-state index contributed by atoms with van der Waals surface area (Å²) in [5.41, 5.74) is -0.0869. The van der Waals surface area contributed by atoms with E-state index in [4.69, 9.17) is 44.3 Å². The first kappa shape index (κ1) is 24.3. The Labute approximate surface area is 190 Å². The van der Waals surface area contributed by atoms with Crippen molar-refractivity contribution in [2.75, 3.05) is 13.6 Å². The number of benzene rings is 2. The Balaban J connectivity index is 2.03. The van der Waals surface area contributed by atoms with E-state index in [0.29, 0.717) is 10.6 Å². The van der Waals surface area contributed by atoms with Gasteiger partial charge in [0.15, 0.2) is 0 Å². The van der Waals surface area contributed by atoms with Crippen molar-refractivity contribution in [1.82, 2.24) is 4.90 Å². The van der Waals surface area contributed by atoms with Gasteiger partial charge in [-0.25, -0.2) is 9.59 Å². The number of hydrogen-bond donors (Lipinski definition) is 1. The van der Waals surface area contributed by atoms with Crippen LogP contribution < -0.4 is 4.74 Å². The highest BCUT2D eigenvalue weighted by Gasteiger charge is 2.22. The molecule has 0 saturated heterocycles. The number of ether oxygens (including phenoxy) is 2. The van der Waals surface area contributed by atoms with Crippen LogP contribution in [0, 0.1) is 0 Å². The molecule has 1 unspecified atom stereocenters. The fourth-order valence-corrected chi connectivity index (χ4v) is 3.40. The third kappa shape index (κ3) is 6.77. The van der Waals surface area contributed by atoms with Crippen molar-refractivity contribution in [3.63, 3.8) is 0 Å². The van der Waals surface area contributed by atoms with Crippen LogP contribution >= 0.6 is 34.8 Å². The minimum absolute atomic E-state index is 0.00540. The summed E-state index contributed by atoms with van der Waals surface area (Å²) in [7, 11) is 1.53. The Hall–Kier alpha value is -1.99. The van der Waals surface area contributed by atoms with Gasteiger partial charge >= 0.3 is 12.1 Å². The van der Waals surface area contributed by atoms with Crippen LogP contribution in [0.5, 0.6) is 5.75 Å². The lowest BCUT2D eigenvalue weighted by molar-refractivity contribution is 0.0205. The second-order valence-corrected chi connectivity index (χ2v) is 8.83. The number of nitrogens with zero attached hydrogens (tertiary/aromatic N) is 1. The number of carbonyl (C=O) groups excluding carboxylic acids is 2. The third-order valence-corrected chi connectivity index (χ3v) is 4.65. The molecule has 1 amide bonds. The second kappa shape index (κ2) is 9.88. The van der Waals surface area contributed by atoms with Crippen molar-refractivity contribution in [3.05, 3.63) is 62.6 Å². The normalized spacial score (nSPS) is 12.3. The van der Waals surface area contributed by atoms with Gasteiger partial charge in [-0.05, 0) is 50.6 Å². The lowest BCUT2D eigenvalue weighted by Gasteiger charge is -2.26. The van der Waals surface area contributed by atoms with Gasteiger partial charge in [0, 0.05) is 12.1 Å². The van der Waals surface area contributed by atoms with E-state index in [9.17, 15) is 14.7 Å². The summed E-state index contributed by atoms with van der Waals surface area (Å²) in [6.07, 6.45) is -1.49. The fourth-order valence-electron chi connectivity index (χ4n) is 2.43. The van der Waals surface area contributed by atoms with E-state index in [2.05, 4.69) is 0 Å². The highest BCUT2D eigenvalue weighted by molar-refractivity contribution is 6.41. The lowest BCUT2D eigenvalue weighted by atomic mass is 10.1.